The second kappa shape index (κ2) is 7.70. The maximum absolute atomic E-state index is 8.68. The maximum Gasteiger partial charge on any atom is 0.118 e. The van der Waals surface area contributed by atoms with Crippen LogP contribution in [0.1, 0.15) is 24.9 Å². The lowest BCUT2D eigenvalue weighted by molar-refractivity contribution is 0.217. The zero-order valence-electron chi connectivity index (χ0n) is 11.1. The Hall–Kier alpha value is -1.57. The molecule has 0 heterocycles. The number of nitriles is 1. The standard InChI is InChI=1S/C14H21N3O/c1-3-17(10-4-9-15)14(11-16)12-5-7-13(18-2)8-6-12/h5-8,14H,3-4,10-11,16H2,1-2H3. The van der Waals surface area contributed by atoms with Gasteiger partial charge in [0, 0.05) is 25.6 Å². The second-order valence-electron chi connectivity index (χ2n) is 4.06. The molecule has 0 bridgehead atoms. The lowest BCUT2D eigenvalue weighted by Crippen LogP contribution is -2.34. The number of nitrogens with two attached hydrogens (primary N) is 1. The average Bonchev–Trinajstić information content (AvgIpc) is 2.43. The SMILES string of the molecule is CCN(CCC#N)C(CN)c1ccc(OC)cc1. The number of likely N-dealkylation sites (N-methyl/N-ethyl adjacent to an activating group) is 1. The molecule has 0 fully saturated rings. The summed E-state index contributed by atoms with van der Waals surface area (Å²) in [6, 6.07) is 10.3. The molecule has 0 radical (unpaired) electrons. The number of ether oxygens (including phenoxy) is 1. The Morgan fingerprint density at radius 3 is 2.50 bits per heavy atom. The topological polar surface area (TPSA) is 62.3 Å². The van der Waals surface area contributed by atoms with Gasteiger partial charge < -0.3 is 10.5 Å². The zero-order chi connectivity index (χ0) is 13.4. The van der Waals surface area contributed by atoms with Crippen molar-refractivity contribution >= 4 is 0 Å². The fourth-order valence-corrected chi connectivity index (χ4v) is 2.05. The summed E-state index contributed by atoms with van der Waals surface area (Å²) in [6.45, 7) is 4.27. The summed E-state index contributed by atoms with van der Waals surface area (Å²) >= 11 is 0. The first-order valence-corrected chi connectivity index (χ1v) is 6.21. The molecule has 4 heteroatoms. The van der Waals surface area contributed by atoms with Crippen molar-refractivity contribution in [2.24, 2.45) is 5.73 Å². The Balaban J connectivity index is 2.82. The Kier molecular flexibility index (Phi) is 6.20. The summed E-state index contributed by atoms with van der Waals surface area (Å²) in [5, 5.41) is 8.68. The van der Waals surface area contributed by atoms with Crippen molar-refractivity contribution in [1.82, 2.24) is 4.90 Å². The van der Waals surface area contributed by atoms with Gasteiger partial charge in [0.2, 0.25) is 0 Å². The van der Waals surface area contributed by atoms with Crippen LogP contribution in [0.15, 0.2) is 24.3 Å². The van der Waals surface area contributed by atoms with Crippen molar-refractivity contribution in [2.45, 2.75) is 19.4 Å². The summed E-state index contributed by atoms with van der Waals surface area (Å²) < 4.78 is 5.15. The lowest BCUT2D eigenvalue weighted by atomic mass is 10.0. The van der Waals surface area contributed by atoms with E-state index in [1.54, 1.807) is 7.11 Å². The second-order valence-corrected chi connectivity index (χ2v) is 4.06. The molecule has 0 aliphatic heterocycles. The third kappa shape index (κ3) is 3.73. The molecule has 0 aromatic heterocycles. The minimum absolute atomic E-state index is 0.161. The third-order valence-electron chi connectivity index (χ3n) is 3.08. The van der Waals surface area contributed by atoms with Crippen LogP contribution in [-0.4, -0.2) is 31.6 Å². The predicted octanol–water partition coefficient (Wildman–Crippen LogP) is 1.93. The zero-order valence-corrected chi connectivity index (χ0v) is 11.1. The number of benzene rings is 1. The van der Waals surface area contributed by atoms with Gasteiger partial charge in [-0.2, -0.15) is 5.26 Å². The Labute approximate surface area is 109 Å². The highest BCUT2D eigenvalue weighted by atomic mass is 16.5. The van der Waals surface area contributed by atoms with Crippen LogP contribution in [0.4, 0.5) is 0 Å². The summed E-state index contributed by atoms with van der Waals surface area (Å²) in [4.78, 5) is 2.23. The van der Waals surface area contributed by atoms with Crippen LogP contribution in [0, 0.1) is 11.3 Å². The minimum Gasteiger partial charge on any atom is -0.497 e. The number of methoxy groups -OCH3 is 1. The van der Waals surface area contributed by atoms with Gasteiger partial charge in [-0.15, -0.1) is 0 Å². The maximum atomic E-state index is 8.68. The van der Waals surface area contributed by atoms with E-state index in [9.17, 15) is 0 Å². The summed E-state index contributed by atoms with van der Waals surface area (Å²) in [7, 11) is 1.65. The van der Waals surface area contributed by atoms with E-state index >= 15 is 0 Å². The van der Waals surface area contributed by atoms with Crippen molar-refractivity contribution in [1.29, 1.82) is 5.26 Å². The molecule has 2 N–H and O–H groups in total. The molecule has 98 valence electrons. The van der Waals surface area contributed by atoms with Crippen LogP contribution >= 0.6 is 0 Å². The fraction of sp³-hybridized carbons (Fsp3) is 0.500. The van der Waals surface area contributed by atoms with Gasteiger partial charge in [0.1, 0.15) is 5.75 Å². The van der Waals surface area contributed by atoms with E-state index in [1.165, 1.54) is 0 Å². The minimum atomic E-state index is 0.161. The molecular formula is C14H21N3O. The highest BCUT2D eigenvalue weighted by molar-refractivity contribution is 5.29. The Morgan fingerprint density at radius 2 is 2.06 bits per heavy atom. The molecule has 1 aromatic carbocycles. The molecule has 0 aliphatic carbocycles. The van der Waals surface area contributed by atoms with Crippen molar-refractivity contribution < 1.29 is 4.74 Å². The Morgan fingerprint density at radius 1 is 1.39 bits per heavy atom. The number of rotatable bonds is 7. The van der Waals surface area contributed by atoms with E-state index in [1.807, 2.05) is 24.3 Å². The van der Waals surface area contributed by atoms with Crippen LogP contribution in [0.25, 0.3) is 0 Å². The molecule has 1 unspecified atom stereocenters. The van der Waals surface area contributed by atoms with E-state index < -0.39 is 0 Å². The first-order chi connectivity index (χ1) is 8.76. The van der Waals surface area contributed by atoms with Crippen molar-refractivity contribution in [3.8, 4) is 11.8 Å². The largest absolute Gasteiger partial charge is 0.497 e. The summed E-state index contributed by atoms with van der Waals surface area (Å²) in [5.74, 6) is 0.842. The van der Waals surface area contributed by atoms with Gasteiger partial charge >= 0.3 is 0 Å². The smallest absolute Gasteiger partial charge is 0.118 e. The van der Waals surface area contributed by atoms with Crippen molar-refractivity contribution in [2.75, 3.05) is 26.7 Å². The number of hydrogen-bond donors (Lipinski definition) is 1. The monoisotopic (exact) mass is 247 g/mol. The van der Waals surface area contributed by atoms with Gasteiger partial charge in [0.25, 0.3) is 0 Å². The molecule has 0 saturated carbocycles. The number of nitrogens with zero attached hydrogens (tertiary/aromatic N) is 2. The van der Waals surface area contributed by atoms with E-state index in [4.69, 9.17) is 15.7 Å². The molecule has 1 rings (SSSR count). The Bertz CT molecular complexity index is 383. The van der Waals surface area contributed by atoms with Gasteiger partial charge in [-0.25, -0.2) is 0 Å². The molecule has 0 aliphatic rings. The molecule has 0 spiro atoms. The summed E-state index contributed by atoms with van der Waals surface area (Å²) in [6.07, 6.45) is 0.528. The quantitative estimate of drug-likeness (QED) is 0.799. The summed E-state index contributed by atoms with van der Waals surface area (Å²) in [5.41, 5.74) is 7.03. The molecule has 0 saturated heterocycles. The van der Waals surface area contributed by atoms with Gasteiger partial charge in [0.15, 0.2) is 0 Å². The van der Waals surface area contributed by atoms with Crippen LogP contribution in [-0.2, 0) is 0 Å². The third-order valence-corrected chi connectivity index (χ3v) is 3.08. The molecule has 1 aromatic rings. The highest BCUT2D eigenvalue weighted by Crippen LogP contribution is 2.22. The van der Waals surface area contributed by atoms with E-state index in [0.717, 1.165) is 24.4 Å². The van der Waals surface area contributed by atoms with Crippen LogP contribution in [0.3, 0.4) is 0 Å². The van der Waals surface area contributed by atoms with E-state index in [2.05, 4.69) is 17.9 Å². The molecule has 0 amide bonds. The fourth-order valence-electron chi connectivity index (χ4n) is 2.05. The van der Waals surface area contributed by atoms with Gasteiger partial charge in [-0.1, -0.05) is 19.1 Å². The van der Waals surface area contributed by atoms with Gasteiger partial charge in [-0.05, 0) is 24.2 Å². The van der Waals surface area contributed by atoms with Crippen LogP contribution < -0.4 is 10.5 Å². The predicted molar refractivity (Wildman–Crippen MR) is 72.3 cm³/mol. The average molecular weight is 247 g/mol. The first kappa shape index (κ1) is 14.5. The van der Waals surface area contributed by atoms with Crippen LogP contribution in [0.5, 0.6) is 5.75 Å². The molecule has 1 atom stereocenters. The highest BCUT2D eigenvalue weighted by Gasteiger charge is 2.17. The van der Waals surface area contributed by atoms with E-state index in [-0.39, 0.29) is 6.04 Å². The molecule has 4 nitrogen and oxygen atoms in total. The van der Waals surface area contributed by atoms with E-state index in [0.29, 0.717) is 13.0 Å². The normalized spacial score (nSPS) is 12.2. The molecule has 18 heavy (non-hydrogen) atoms. The van der Waals surface area contributed by atoms with Gasteiger partial charge in [-0.3, -0.25) is 4.90 Å². The lowest BCUT2D eigenvalue weighted by Gasteiger charge is -2.29. The van der Waals surface area contributed by atoms with Crippen molar-refractivity contribution in [3.05, 3.63) is 29.8 Å². The molecular weight excluding hydrogens is 226 g/mol. The van der Waals surface area contributed by atoms with Gasteiger partial charge in [0.05, 0.1) is 13.2 Å². The number of hydrogen-bond acceptors (Lipinski definition) is 4. The van der Waals surface area contributed by atoms with Crippen molar-refractivity contribution in [3.63, 3.8) is 0 Å². The van der Waals surface area contributed by atoms with Crippen LogP contribution in [0.2, 0.25) is 0 Å². The first-order valence-electron chi connectivity index (χ1n) is 6.21.